The molecule has 1 aliphatic rings. The summed E-state index contributed by atoms with van der Waals surface area (Å²) in [7, 11) is 0. The van der Waals surface area contributed by atoms with E-state index in [1.165, 1.54) is 11.1 Å². The lowest BCUT2D eigenvalue weighted by Crippen LogP contribution is -2.17. The first-order valence-corrected chi connectivity index (χ1v) is 6.22. The maximum atomic E-state index is 12.0. The summed E-state index contributed by atoms with van der Waals surface area (Å²) in [5, 5.41) is 8.14. The molecule has 0 saturated heterocycles. The zero-order valence-electron chi connectivity index (χ0n) is 9.99. The predicted molar refractivity (Wildman–Crippen MR) is 67.0 cm³/mol. The number of aromatic nitrogens is 2. The molecule has 1 saturated carbocycles. The van der Waals surface area contributed by atoms with Crippen molar-refractivity contribution in [3.05, 3.63) is 29.5 Å². The molecule has 1 fully saturated rings. The van der Waals surface area contributed by atoms with Gasteiger partial charge < -0.3 is 0 Å². The topological polar surface area (TPSA) is 45.8 Å². The average molecular weight is 228 g/mol. The Labute approximate surface area is 100 Å². The fourth-order valence-corrected chi connectivity index (χ4v) is 2.81. The van der Waals surface area contributed by atoms with Crippen LogP contribution < -0.4 is 0 Å². The molecule has 1 unspecified atom stereocenters. The molecule has 17 heavy (non-hydrogen) atoms. The van der Waals surface area contributed by atoms with Crippen LogP contribution in [0.4, 0.5) is 0 Å². The normalized spacial score (nSPS) is 21.0. The van der Waals surface area contributed by atoms with Gasteiger partial charge in [-0.05, 0) is 43.0 Å². The minimum absolute atomic E-state index is 0.108. The summed E-state index contributed by atoms with van der Waals surface area (Å²) < 4.78 is 0. The number of fused-ring (bicyclic) bond motifs is 1. The third kappa shape index (κ3) is 1.75. The molecule has 1 aliphatic carbocycles. The summed E-state index contributed by atoms with van der Waals surface area (Å²) in [6.07, 6.45) is 5.79. The Bertz CT molecular complexity index is 571. The SMILES string of the molecule is Cc1cc2cn[nH]c2cc1C1CCCCC1=O. The molecule has 3 nitrogen and oxygen atoms in total. The lowest BCUT2D eigenvalue weighted by molar-refractivity contribution is -0.121. The van der Waals surface area contributed by atoms with E-state index < -0.39 is 0 Å². The number of ketones is 1. The highest BCUT2D eigenvalue weighted by molar-refractivity contribution is 5.89. The number of H-pyrrole nitrogens is 1. The van der Waals surface area contributed by atoms with Crippen LogP contribution in [0.1, 0.15) is 42.7 Å². The van der Waals surface area contributed by atoms with Crippen molar-refractivity contribution in [3.63, 3.8) is 0 Å². The third-order valence-electron chi connectivity index (χ3n) is 3.76. The molecule has 0 radical (unpaired) electrons. The van der Waals surface area contributed by atoms with Crippen LogP contribution in [0.5, 0.6) is 0 Å². The van der Waals surface area contributed by atoms with Crippen molar-refractivity contribution in [2.45, 2.75) is 38.5 Å². The van der Waals surface area contributed by atoms with Crippen molar-refractivity contribution < 1.29 is 4.79 Å². The summed E-state index contributed by atoms with van der Waals surface area (Å²) in [5.41, 5.74) is 3.43. The van der Waals surface area contributed by atoms with Gasteiger partial charge in [-0.15, -0.1) is 0 Å². The molecule has 2 aromatic rings. The van der Waals surface area contributed by atoms with E-state index >= 15 is 0 Å². The molecule has 0 aliphatic heterocycles. The Morgan fingerprint density at radius 3 is 3.06 bits per heavy atom. The number of hydrogen-bond acceptors (Lipinski definition) is 2. The van der Waals surface area contributed by atoms with Crippen LogP contribution in [0.15, 0.2) is 18.3 Å². The first-order chi connectivity index (χ1) is 8.25. The van der Waals surface area contributed by atoms with Gasteiger partial charge in [-0.3, -0.25) is 9.89 Å². The van der Waals surface area contributed by atoms with Gasteiger partial charge in [0.25, 0.3) is 0 Å². The summed E-state index contributed by atoms with van der Waals surface area (Å²) in [6.45, 7) is 2.09. The molecule has 1 aromatic carbocycles. The molecule has 1 aromatic heterocycles. The van der Waals surface area contributed by atoms with E-state index in [1.54, 1.807) is 0 Å². The lowest BCUT2D eigenvalue weighted by atomic mass is 9.81. The number of carbonyl (C=O) groups is 1. The van der Waals surface area contributed by atoms with E-state index in [0.29, 0.717) is 5.78 Å². The molecule has 88 valence electrons. The third-order valence-corrected chi connectivity index (χ3v) is 3.76. The number of rotatable bonds is 1. The second kappa shape index (κ2) is 3.99. The number of aryl methyl sites for hydroxylation is 1. The Balaban J connectivity index is 2.08. The molecule has 1 N–H and O–H groups in total. The number of aromatic amines is 1. The summed E-state index contributed by atoms with van der Waals surface area (Å²) in [5.74, 6) is 0.509. The van der Waals surface area contributed by atoms with E-state index in [2.05, 4.69) is 29.3 Å². The molecule has 0 spiro atoms. The van der Waals surface area contributed by atoms with Crippen LogP contribution in [0.25, 0.3) is 10.9 Å². The van der Waals surface area contributed by atoms with Gasteiger partial charge in [0, 0.05) is 17.7 Å². The Morgan fingerprint density at radius 2 is 2.24 bits per heavy atom. The molecule has 1 atom stereocenters. The average Bonchev–Trinajstić information content (AvgIpc) is 2.76. The maximum Gasteiger partial charge on any atom is 0.140 e. The summed E-state index contributed by atoms with van der Waals surface area (Å²) >= 11 is 0. The number of nitrogens with zero attached hydrogens (tertiary/aromatic N) is 1. The Kier molecular flexibility index (Phi) is 2.46. The zero-order chi connectivity index (χ0) is 11.8. The van der Waals surface area contributed by atoms with E-state index in [0.717, 1.165) is 36.6 Å². The second-order valence-corrected chi connectivity index (χ2v) is 4.93. The molecule has 3 rings (SSSR count). The minimum Gasteiger partial charge on any atom is -0.299 e. The predicted octanol–water partition coefficient (Wildman–Crippen LogP) is 3.10. The van der Waals surface area contributed by atoms with Crippen molar-refractivity contribution in [2.75, 3.05) is 0 Å². The van der Waals surface area contributed by atoms with Crippen LogP contribution in [0, 0.1) is 6.92 Å². The first-order valence-electron chi connectivity index (χ1n) is 6.22. The van der Waals surface area contributed by atoms with Gasteiger partial charge in [0.15, 0.2) is 0 Å². The molecule has 0 amide bonds. The fraction of sp³-hybridized carbons (Fsp3) is 0.429. The number of Topliss-reactive ketones (excluding diaryl/α,β-unsaturated/α-hetero) is 1. The van der Waals surface area contributed by atoms with E-state index in [9.17, 15) is 4.79 Å². The Hall–Kier alpha value is -1.64. The minimum atomic E-state index is 0.108. The van der Waals surface area contributed by atoms with Crippen molar-refractivity contribution in [2.24, 2.45) is 0 Å². The molecule has 3 heteroatoms. The van der Waals surface area contributed by atoms with Gasteiger partial charge in [-0.1, -0.05) is 6.42 Å². The van der Waals surface area contributed by atoms with E-state index in [1.807, 2.05) is 6.20 Å². The quantitative estimate of drug-likeness (QED) is 0.815. The van der Waals surface area contributed by atoms with Crippen molar-refractivity contribution in [3.8, 4) is 0 Å². The molecule has 0 bridgehead atoms. The van der Waals surface area contributed by atoms with Gasteiger partial charge in [0.2, 0.25) is 0 Å². The van der Waals surface area contributed by atoms with Gasteiger partial charge in [-0.25, -0.2) is 0 Å². The fourth-order valence-electron chi connectivity index (χ4n) is 2.81. The van der Waals surface area contributed by atoms with Crippen molar-refractivity contribution >= 4 is 16.7 Å². The van der Waals surface area contributed by atoms with Crippen LogP contribution in [-0.4, -0.2) is 16.0 Å². The molecular weight excluding hydrogens is 212 g/mol. The van der Waals surface area contributed by atoms with E-state index in [-0.39, 0.29) is 5.92 Å². The van der Waals surface area contributed by atoms with Crippen molar-refractivity contribution in [1.82, 2.24) is 10.2 Å². The monoisotopic (exact) mass is 228 g/mol. The standard InChI is InChI=1S/C14H16N2O/c1-9-6-10-8-15-16-13(10)7-12(9)11-4-2-3-5-14(11)17/h6-8,11H,2-5H2,1H3,(H,15,16). The maximum absolute atomic E-state index is 12.0. The van der Waals surface area contributed by atoms with Gasteiger partial charge in [-0.2, -0.15) is 5.10 Å². The van der Waals surface area contributed by atoms with Crippen molar-refractivity contribution in [1.29, 1.82) is 0 Å². The highest BCUT2D eigenvalue weighted by Crippen LogP contribution is 2.33. The van der Waals surface area contributed by atoms with Crippen LogP contribution in [-0.2, 0) is 4.79 Å². The zero-order valence-corrected chi connectivity index (χ0v) is 9.99. The number of hydrogen-bond donors (Lipinski definition) is 1. The first kappa shape index (κ1) is 10.5. The highest BCUT2D eigenvalue weighted by Gasteiger charge is 2.25. The second-order valence-electron chi connectivity index (χ2n) is 4.93. The number of nitrogens with one attached hydrogen (secondary N) is 1. The smallest absolute Gasteiger partial charge is 0.140 e. The number of benzene rings is 1. The summed E-state index contributed by atoms with van der Waals surface area (Å²) in [4.78, 5) is 12.0. The van der Waals surface area contributed by atoms with Gasteiger partial charge in [0.1, 0.15) is 5.78 Å². The molecule has 1 heterocycles. The van der Waals surface area contributed by atoms with E-state index in [4.69, 9.17) is 0 Å². The van der Waals surface area contributed by atoms with Crippen LogP contribution in [0.2, 0.25) is 0 Å². The van der Waals surface area contributed by atoms with Crippen LogP contribution in [0.3, 0.4) is 0 Å². The Morgan fingerprint density at radius 1 is 1.35 bits per heavy atom. The lowest BCUT2D eigenvalue weighted by Gasteiger charge is -2.22. The summed E-state index contributed by atoms with van der Waals surface area (Å²) in [6, 6.07) is 4.22. The van der Waals surface area contributed by atoms with Gasteiger partial charge in [0.05, 0.1) is 11.7 Å². The highest BCUT2D eigenvalue weighted by atomic mass is 16.1. The molecular formula is C14H16N2O. The largest absolute Gasteiger partial charge is 0.299 e. The van der Waals surface area contributed by atoms with Gasteiger partial charge >= 0.3 is 0 Å². The number of carbonyl (C=O) groups excluding carboxylic acids is 1. The van der Waals surface area contributed by atoms with Crippen LogP contribution >= 0.6 is 0 Å².